The maximum Gasteiger partial charge on any atom is 0.423 e. The lowest BCUT2D eigenvalue weighted by atomic mass is 9.90. The number of aryl methyl sites for hydroxylation is 1. The average molecular weight is 417 g/mol. The zero-order valence-electron chi connectivity index (χ0n) is 18.2. The predicted molar refractivity (Wildman–Crippen MR) is 97.7 cm³/mol. The first-order valence-corrected chi connectivity index (χ1v) is 8.25. The van der Waals surface area contributed by atoms with Crippen molar-refractivity contribution in [2.75, 3.05) is 18.9 Å². The second-order valence-electron chi connectivity index (χ2n) is 6.32. The molecule has 158 valence electrons. The Hall–Kier alpha value is -2.76. The summed E-state index contributed by atoms with van der Waals surface area (Å²) in [6.07, 6.45) is -4.32. The molecule has 0 unspecified atom stereocenters. The molecule has 29 heavy (non-hydrogen) atoms. The summed E-state index contributed by atoms with van der Waals surface area (Å²) in [5.74, 6) is -1.20. The maximum atomic E-state index is 13.4. The van der Waals surface area contributed by atoms with Crippen LogP contribution in [0.2, 0.25) is 0 Å². The van der Waals surface area contributed by atoms with Crippen LogP contribution in [0.4, 0.5) is 19.0 Å². The Morgan fingerprint density at radius 3 is 2.62 bits per heavy atom. The van der Waals surface area contributed by atoms with Gasteiger partial charge in [-0.2, -0.15) is 13.2 Å². The van der Waals surface area contributed by atoms with Crippen molar-refractivity contribution >= 4 is 11.7 Å². The van der Waals surface area contributed by atoms with Crippen molar-refractivity contribution in [1.29, 1.82) is 0 Å². The molecule has 1 aromatic heterocycles. The lowest BCUT2D eigenvalue weighted by Gasteiger charge is -2.29. The number of nitrogens with two attached hydrogens (primary N) is 1. The van der Waals surface area contributed by atoms with E-state index < -0.39 is 60.6 Å². The highest BCUT2D eigenvalue weighted by molar-refractivity contribution is 5.97. The molecule has 6 N–H and O–H groups in total. The van der Waals surface area contributed by atoms with E-state index in [2.05, 4.69) is 15.3 Å². The molecule has 11 heteroatoms. The molecule has 0 bridgehead atoms. The van der Waals surface area contributed by atoms with E-state index in [0.717, 1.165) is 18.3 Å². The van der Waals surface area contributed by atoms with Gasteiger partial charge in [0.1, 0.15) is 0 Å². The van der Waals surface area contributed by atoms with Crippen molar-refractivity contribution in [3.63, 3.8) is 0 Å². The van der Waals surface area contributed by atoms with Crippen LogP contribution in [0.1, 0.15) is 32.7 Å². The van der Waals surface area contributed by atoms with Gasteiger partial charge in [-0.1, -0.05) is 12.1 Å². The van der Waals surface area contributed by atoms with E-state index >= 15 is 0 Å². The summed E-state index contributed by atoms with van der Waals surface area (Å²) in [5, 5.41) is 30.7. The highest BCUT2D eigenvalue weighted by Crippen LogP contribution is 2.40. The van der Waals surface area contributed by atoms with Crippen LogP contribution in [-0.4, -0.2) is 56.6 Å². The molecule has 0 saturated carbocycles. The van der Waals surface area contributed by atoms with E-state index in [1.807, 2.05) is 0 Å². The first-order chi connectivity index (χ1) is 14.7. The van der Waals surface area contributed by atoms with Gasteiger partial charge in [-0.3, -0.25) is 4.79 Å². The summed E-state index contributed by atoms with van der Waals surface area (Å²) in [6, 6.07) is 1.61. The van der Waals surface area contributed by atoms with Crippen molar-refractivity contribution in [2.24, 2.45) is 0 Å². The van der Waals surface area contributed by atoms with Crippen molar-refractivity contribution in [3.8, 4) is 11.3 Å². The zero-order valence-corrected chi connectivity index (χ0v) is 15.2. The normalized spacial score (nSPS) is 16.9. The van der Waals surface area contributed by atoms with Crippen LogP contribution in [0, 0.1) is 6.85 Å². The van der Waals surface area contributed by atoms with Crippen LogP contribution in [0.3, 0.4) is 0 Å². The summed E-state index contributed by atoms with van der Waals surface area (Å²) in [7, 11) is 0. The van der Waals surface area contributed by atoms with Crippen LogP contribution in [0.25, 0.3) is 11.3 Å². The summed E-state index contributed by atoms with van der Waals surface area (Å²) >= 11 is 0. The number of anilines is 1. The highest BCUT2D eigenvalue weighted by atomic mass is 19.4. The summed E-state index contributed by atoms with van der Waals surface area (Å²) in [6.45, 7) is -3.45. The summed E-state index contributed by atoms with van der Waals surface area (Å²) in [5.41, 5.74) is -0.422. The number of halogens is 3. The molecule has 0 radical (unpaired) electrons. The van der Waals surface area contributed by atoms with Crippen molar-refractivity contribution in [3.05, 3.63) is 41.2 Å². The Morgan fingerprint density at radius 1 is 1.38 bits per heavy atom. The van der Waals surface area contributed by atoms with Crippen molar-refractivity contribution in [2.45, 2.75) is 31.6 Å². The molecular formula is C18H21F3N4O4. The predicted octanol–water partition coefficient (Wildman–Crippen LogP) is 0.887. The van der Waals surface area contributed by atoms with Gasteiger partial charge >= 0.3 is 6.18 Å². The fourth-order valence-corrected chi connectivity index (χ4v) is 2.39. The first-order valence-electron chi connectivity index (χ1n) is 9.75. The number of amides is 1. The number of nitrogens with one attached hydrogen (secondary N) is 1. The Labute approximate surface area is 168 Å². The van der Waals surface area contributed by atoms with E-state index in [1.54, 1.807) is 0 Å². The van der Waals surface area contributed by atoms with Crippen LogP contribution < -0.4 is 11.1 Å². The minimum Gasteiger partial charge on any atom is -0.394 e. The number of aliphatic hydroxyl groups is 3. The van der Waals surface area contributed by atoms with Gasteiger partial charge in [0.15, 0.2) is 11.5 Å². The standard InChI is InChI=1S/C18H21F3N4O4/c1-9-3-4-11(17(29,8-27)18(19,20)21)5-12(9)13-6-23-15(22)14(25-13)16(28)24-10(2)7-26/h3-6,10,26-27,29H,7-8H2,1-2H3,(H2,22,23)(H,24,28)/t10-,17-/m1/s1/i1D3. The first kappa shape index (κ1) is 18.3. The molecule has 1 heterocycles. The van der Waals surface area contributed by atoms with E-state index in [0.29, 0.717) is 6.07 Å². The molecule has 2 aromatic rings. The van der Waals surface area contributed by atoms with Crippen LogP contribution in [-0.2, 0) is 5.60 Å². The monoisotopic (exact) mass is 417 g/mol. The van der Waals surface area contributed by atoms with Gasteiger partial charge in [0.05, 0.1) is 25.1 Å². The number of aliphatic hydroxyl groups excluding tert-OH is 2. The van der Waals surface area contributed by atoms with E-state index in [9.17, 15) is 28.2 Å². The summed E-state index contributed by atoms with van der Waals surface area (Å²) in [4.78, 5) is 20.1. The molecule has 0 aliphatic rings. The number of hydrogen-bond donors (Lipinski definition) is 5. The quantitative estimate of drug-likeness (QED) is 0.470. The molecule has 0 fully saturated rings. The number of alkyl halides is 3. The number of carbonyl (C=O) groups is 1. The third-order valence-corrected chi connectivity index (χ3v) is 4.14. The van der Waals surface area contributed by atoms with Crippen LogP contribution in [0.15, 0.2) is 24.4 Å². The highest BCUT2D eigenvalue weighted by Gasteiger charge is 2.54. The fourth-order valence-electron chi connectivity index (χ4n) is 2.39. The van der Waals surface area contributed by atoms with E-state index in [4.69, 9.17) is 15.0 Å². The fraction of sp³-hybridized carbons (Fsp3) is 0.389. The molecule has 2 atom stereocenters. The second kappa shape index (κ2) is 8.31. The molecule has 0 aliphatic heterocycles. The number of aromatic nitrogens is 2. The van der Waals surface area contributed by atoms with Gasteiger partial charge < -0.3 is 26.4 Å². The smallest absolute Gasteiger partial charge is 0.394 e. The van der Waals surface area contributed by atoms with E-state index in [1.165, 1.54) is 6.92 Å². The van der Waals surface area contributed by atoms with Gasteiger partial charge in [-0.05, 0) is 31.0 Å². The third kappa shape index (κ3) is 4.47. The third-order valence-electron chi connectivity index (χ3n) is 4.14. The number of benzene rings is 1. The number of nitrogens with zero attached hydrogens (tertiary/aromatic N) is 2. The Balaban J connectivity index is 2.73. The van der Waals surface area contributed by atoms with Crippen LogP contribution in [0.5, 0.6) is 0 Å². The Bertz CT molecular complexity index is 1000. The summed E-state index contributed by atoms with van der Waals surface area (Å²) < 4.78 is 63.2. The molecular weight excluding hydrogens is 393 g/mol. The lowest BCUT2D eigenvalue weighted by molar-refractivity contribution is -0.277. The van der Waals surface area contributed by atoms with E-state index in [-0.39, 0.29) is 17.1 Å². The van der Waals surface area contributed by atoms with Gasteiger partial charge in [0, 0.05) is 15.7 Å². The topological polar surface area (TPSA) is 142 Å². The SMILES string of the molecule is [2H]C([2H])([2H])c1ccc([C@](O)(CO)C(F)(F)F)cc1-c1cnc(N)c(C(=O)N[C@H](C)CO)n1. The van der Waals surface area contributed by atoms with Gasteiger partial charge in [0.25, 0.3) is 5.91 Å². The molecule has 1 aromatic carbocycles. The number of nitrogen functional groups attached to an aromatic ring is 1. The van der Waals surface area contributed by atoms with Crippen molar-refractivity contribution in [1.82, 2.24) is 15.3 Å². The number of carbonyl (C=O) groups excluding carboxylic acids is 1. The average Bonchev–Trinajstić information content (AvgIpc) is 2.71. The minimum atomic E-state index is -5.28. The number of hydrogen-bond acceptors (Lipinski definition) is 7. The number of rotatable bonds is 6. The Kier molecular flexibility index (Phi) is 5.24. The molecule has 0 aliphatic carbocycles. The second-order valence-corrected chi connectivity index (χ2v) is 6.32. The van der Waals surface area contributed by atoms with Crippen molar-refractivity contribution < 1.29 is 37.4 Å². The molecule has 2 rings (SSSR count). The minimum absolute atomic E-state index is 0.309. The molecule has 1 amide bonds. The van der Waals surface area contributed by atoms with Crippen LogP contribution >= 0.6 is 0 Å². The Morgan fingerprint density at radius 2 is 2.07 bits per heavy atom. The van der Waals surface area contributed by atoms with Gasteiger partial charge in [-0.25, -0.2) is 9.97 Å². The maximum absolute atomic E-state index is 13.4. The largest absolute Gasteiger partial charge is 0.423 e. The lowest BCUT2D eigenvalue weighted by Crippen LogP contribution is -2.45. The van der Waals surface area contributed by atoms with Gasteiger partial charge in [0.2, 0.25) is 5.60 Å². The molecule has 0 spiro atoms. The zero-order chi connectivity index (χ0) is 24.5. The molecule has 8 nitrogen and oxygen atoms in total. The van der Waals surface area contributed by atoms with Gasteiger partial charge in [-0.15, -0.1) is 0 Å². The molecule has 0 saturated heterocycles.